The first-order chi connectivity index (χ1) is 10.8. The van der Waals surface area contributed by atoms with Gasteiger partial charge in [0.05, 0.1) is 18.8 Å². The minimum absolute atomic E-state index is 0.103. The average molecular weight is 305 g/mol. The normalized spacial score (nSPS) is 38.1. The number of nitrogens with zero attached hydrogens (tertiary/aromatic N) is 1. The van der Waals surface area contributed by atoms with Crippen molar-refractivity contribution in [2.75, 3.05) is 19.8 Å². The second kappa shape index (κ2) is 6.32. The Balaban J connectivity index is 1.45. The van der Waals surface area contributed by atoms with Crippen LogP contribution in [-0.2, 0) is 14.3 Å². The van der Waals surface area contributed by atoms with Crippen LogP contribution in [0.3, 0.4) is 0 Å². The van der Waals surface area contributed by atoms with Crippen molar-refractivity contribution in [3.05, 3.63) is 12.2 Å². The van der Waals surface area contributed by atoms with Gasteiger partial charge in [0.2, 0.25) is 5.91 Å². The lowest BCUT2D eigenvalue weighted by Gasteiger charge is -2.34. The highest BCUT2D eigenvalue weighted by molar-refractivity contribution is 5.79. The van der Waals surface area contributed by atoms with Crippen LogP contribution in [0.4, 0.5) is 0 Å². The Kier molecular flexibility index (Phi) is 4.23. The molecule has 1 aliphatic heterocycles. The first-order valence-corrected chi connectivity index (χ1v) is 9.01. The predicted molar refractivity (Wildman–Crippen MR) is 83.4 cm³/mol. The second-order valence-corrected chi connectivity index (χ2v) is 7.31. The molecule has 0 unspecified atom stereocenters. The van der Waals surface area contributed by atoms with Crippen LogP contribution in [0.2, 0.25) is 0 Å². The number of hydrogen-bond donors (Lipinski definition) is 0. The minimum Gasteiger partial charge on any atom is -0.374 e. The van der Waals surface area contributed by atoms with Crippen molar-refractivity contribution >= 4 is 5.91 Å². The lowest BCUT2D eigenvalue weighted by molar-refractivity contribution is -0.140. The van der Waals surface area contributed by atoms with Gasteiger partial charge in [-0.3, -0.25) is 4.79 Å². The molecule has 0 spiro atoms. The molecule has 0 N–H and O–H groups in total. The van der Waals surface area contributed by atoms with Gasteiger partial charge in [-0.1, -0.05) is 12.2 Å². The SMILES string of the molecule is O=C([C@@H]1CC=CCC1)N1CCO[C@H]2CC[C@H]1[C@@H]2OCC1CC1. The molecule has 0 radical (unpaired) electrons. The monoisotopic (exact) mass is 305 g/mol. The maximum absolute atomic E-state index is 13.0. The molecule has 4 atom stereocenters. The summed E-state index contributed by atoms with van der Waals surface area (Å²) in [6.07, 6.45) is 12.3. The molecular formula is C18H27NO3. The highest BCUT2D eigenvalue weighted by atomic mass is 16.5. The fourth-order valence-electron chi connectivity index (χ4n) is 4.17. The first-order valence-electron chi connectivity index (χ1n) is 9.01. The summed E-state index contributed by atoms with van der Waals surface area (Å²) in [5, 5.41) is 0. The quantitative estimate of drug-likeness (QED) is 0.749. The summed E-state index contributed by atoms with van der Waals surface area (Å²) < 4.78 is 12.2. The lowest BCUT2D eigenvalue weighted by atomic mass is 9.92. The highest BCUT2D eigenvalue weighted by Gasteiger charge is 2.46. The van der Waals surface area contributed by atoms with Crippen molar-refractivity contribution < 1.29 is 14.3 Å². The van der Waals surface area contributed by atoms with E-state index in [0.29, 0.717) is 12.5 Å². The third kappa shape index (κ3) is 2.95. The van der Waals surface area contributed by atoms with Gasteiger partial charge in [-0.2, -0.15) is 0 Å². The molecule has 22 heavy (non-hydrogen) atoms. The Labute approximate surface area is 132 Å². The molecule has 122 valence electrons. The molecule has 4 aliphatic rings. The van der Waals surface area contributed by atoms with E-state index < -0.39 is 0 Å². The van der Waals surface area contributed by atoms with Crippen LogP contribution in [0.15, 0.2) is 12.2 Å². The zero-order chi connectivity index (χ0) is 14.9. The van der Waals surface area contributed by atoms with Gasteiger partial charge in [0.25, 0.3) is 0 Å². The van der Waals surface area contributed by atoms with E-state index in [1.807, 2.05) is 0 Å². The standard InChI is InChI=1S/C18H27NO3/c20-18(14-4-2-1-3-5-14)19-10-11-21-16-9-8-15(19)17(16)22-12-13-6-7-13/h1-2,13-17H,3-12H2/t14-,15+,16+,17+/m1/s1. The lowest BCUT2D eigenvalue weighted by Crippen LogP contribution is -2.48. The van der Waals surface area contributed by atoms with Crippen molar-refractivity contribution in [3.63, 3.8) is 0 Å². The summed E-state index contributed by atoms with van der Waals surface area (Å²) >= 11 is 0. The van der Waals surface area contributed by atoms with Crippen molar-refractivity contribution in [3.8, 4) is 0 Å². The number of hydrogen-bond acceptors (Lipinski definition) is 3. The van der Waals surface area contributed by atoms with Crippen molar-refractivity contribution in [1.82, 2.24) is 4.90 Å². The van der Waals surface area contributed by atoms with Crippen LogP contribution in [0, 0.1) is 11.8 Å². The third-order valence-corrected chi connectivity index (χ3v) is 5.68. The van der Waals surface area contributed by atoms with Crippen LogP contribution < -0.4 is 0 Å². The molecule has 2 saturated carbocycles. The van der Waals surface area contributed by atoms with Crippen LogP contribution in [0.1, 0.15) is 44.9 Å². The van der Waals surface area contributed by atoms with Gasteiger partial charge in [0, 0.05) is 19.1 Å². The zero-order valence-electron chi connectivity index (χ0n) is 13.3. The summed E-state index contributed by atoms with van der Waals surface area (Å²) in [7, 11) is 0. The Morgan fingerprint density at radius 2 is 2.09 bits per heavy atom. The van der Waals surface area contributed by atoms with E-state index >= 15 is 0 Å². The van der Waals surface area contributed by atoms with E-state index in [0.717, 1.165) is 51.2 Å². The number of allylic oxidation sites excluding steroid dienone is 2. The van der Waals surface area contributed by atoms with Gasteiger partial charge in [0.15, 0.2) is 0 Å². The Morgan fingerprint density at radius 3 is 2.86 bits per heavy atom. The van der Waals surface area contributed by atoms with Gasteiger partial charge in [0.1, 0.15) is 6.10 Å². The predicted octanol–water partition coefficient (Wildman–Crippen LogP) is 2.53. The van der Waals surface area contributed by atoms with Crippen LogP contribution in [0.5, 0.6) is 0 Å². The second-order valence-electron chi connectivity index (χ2n) is 7.31. The molecule has 1 heterocycles. The Bertz CT molecular complexity index is 446. The van der Waals surface area contributed by atoms with Gasteiger partial charge in [-0.15, -0.1) is 0 Å². The topological polar surface area (TPSA) is 38.8 Å². The zero-order valence-corrected chi connectivity index (χ0v) is 13.3. The maximum atomic E-state index is 13.0. The molecule has 3 fully saturated rings. The fraction of sp³-hybridized carbons (Fsp3) is 0.833. The van der Waals surface area contributed by atoms with E-state index in [9.17, 15) is 4.79 Å². The summed E-state index contributed by atoms with van der Waals surface area (Å²) in [6.45, 7) is 2.26. The number of fused-ring (bicyclic) bond motifs is 2. The van der Waals surface area contributed by atoms with Gasteiger partial charge in [-0.25, -0.2) is 0 Å². The maximum Gasteiger partial charge on any atom is 0.226 e. The summed E-state index contributed by atoms with van der Waals surface area (Å²) in [6, 6.07) is 0.240. The molecule has 0 aromatic rings. The average Bonchev–Trinajstić information content (AvgIpc) is 3.30. The molecule has 2 bridgehead atoms. The van der Waals surface area contributed by atoms with E-state index in [-0.39, 0.29) is 24.2 Å². The van der Waals surface area contributed by atoms with Crippen molar-refractivity contribution in [1.29, 1.82) is 0 Å². The molecular weight excluding hydrogens is 278 g/mol. The molecule has 1 amide bonds. The van der Waals surface area contributed by atoms with Crippen molar-refractivity contribution in [2.45, 2.75) is 63.2 Å². The Morgan fingerprint density at radius 1 is 1.18 bits per heavy atom. The molecule has 0 aromatic carbocycles. The van der Waals surface area contributed by atoms with E-state index in [4.69, 9.17) is 9.47 Å². The molecule has 4 nitrogen and oxygen atoms in total. The van der Waals surface area contributed by atoms with E-state index in [2.05, 4.69) is 17.1 Å². The number of carbonyl (C=O) groups excluding carboxylic acids is 1. The van der Waals surface area contributed by atoms with Gasteiger partial charge >= 0.3 is 0 Å². The van der Waals surface area contributed by atoms with Gasteiger partial charge in [-0.05, 0) is 50.9 Å². The molecule has 4 heteroatoms. The largest absolute Gasteiger partial charge is 0.374 e. The van der Waals surface area contributed by atoms with E-state index in [1.165, 1.54) is 12.8 Å². The number of rotatable bonds is 4. The summed E-state index contributed by atoms with van der Waals surface area (Å²) in [5.74, 6) is 1.27. The van der Waals surface area contributed by atoms with Gasteiger partial charge < -0.3 is 14.4 Å². The smallest absolute Gasteiger partial charge is 0.226 e. The van der Waals surface area contributed by atoms with E-state index in [1.54, 1.807) is 0 Å². The first kappa shape index (κ1) is 14.7. The fourth-order valence-corrected chi connectivity index (χ4v) is 4.17. The van der Waals surface area contributed by atoms with Crippen LogP contribution in [-0.4, -0.2) is 48.8 Å². The molecule has 4 rings (SSSR count). The molecule has 0 aromatic heterocycles. The number of amides is 1. The molecule has 3 aliphatic carbocycles. The highest BCUT2D eigenvalue weighted by Crippen LogP contribution is 2.36. The third-order valence-electron chi connectivity index (χ3n) is 5.68. The summed E-state index contributed by atoms with van der Waals surface area (Å²) in [5.41, 5.74) is 0. The minimum atomic E-state index is 0.103. The van der Waals surface area contributed by atoms with Crippen LogP contribution >= 0.6 is 0 Å². The van der Waals surface area contributed by atoms with Crippen LogP contribution in [0.25, 0.3) is 0 Å². The Hall–Kier alpha value is -0.870. The number of carbonyl (C=O) groups is 1. The number of ether oxygens (including phenoxy) is 2. The molecule has 1 saturated heterocycles. The van der Waals surface area contributed by atoms with Crippen molar-refractivity contribution in [2.24, 2.45) is 11.8 Å². The summed E-state index contributed by atoms with van der Waals surface area (Å²) in [4.78, 5) is 15.1.